The minimum absolute atomic E-state index is 0.0601. The van der Waals surface area contributed by atoms with Crippen LogP contribution >= 0.6 is 0 Å². The summed E-state index contributed by atoms with van der Waals surface area (Å²) in [5.74, 6) is 1.96. The lowest BCUT2D eigenvalue weighted by molar-refractivity contribution is 0.660. The first-order valence-corrected chi connectivity index (χ1v) is 20.8. The quantitative estimate of drug-likeness (QED) is 0.164. The van der Waals surface area contributed by atoms with E-state index in [2.05, 4.69) is 159 Å². The summed E-state index contributed by atoms with van der Waals surface area (Å²) in [6.45, 7) is 4.70. The first kappa shape index (κ1) is 34.6. The van der Waals surface area contributed by atoms with Crippen molar-refractivity contribution in [2.45, 2.75) is 32.1 Å². The second-order valence-corrected chi connectivity index (χ2v) is 16.6. The molecule has 0 radical (unpaired) electrons. The van der Waals surface area contributed by atoms with Crippen LogP contribution in [0, 0.1) is 0 Å². The molecule has 0 bridgehead atoms. The van der Waals surface area contributed by atoms with Crippen LogP contribution < -0.4 is 0 Å². The van der Waals surface area contributed by atoms with Crippen molar-refractivity contribution in [2.24, 2.45) is 0 Å². The molecule has 0 N–H and O–H groups in total. The van der Waals surface area contributed by atoms with Crippen molar-refractivity contribution >= 4 is 49.1 Å². The van der Waals surface area contributed by atoms with Crippen molar-refractivity contribution in [1.82, 2.24) is 15.0 Å². The highest BCUT2D eigenvalue weighted by Gasteiger charge is 2.35. The highest BCUT2D eigenvalue weighted by Crippen LogP contribution is 2.50. The number of allylic oxidation sites excluding steroid dienone is 4. The highest BCUT2D eigenvalue weighted by atomic mass is 16.3. The number of rotatable bonds is 5. The molecule has 0 saturated heterocycles. The molecular weight excluding hydrogens is 731 g/mol. The smallest absolute Gasteiger partial charge is 0.164 e. The maximum atomic E-state index is 6.52. The normalized spacial score (nSPS) is 14.2. The number of benzene rings is 8. The molecule has 2 aliphatic carbocycles. The Morgan fingerprint density at radius 3 is 2.03 bits per heavy atom. The zero-order chi connectivity index (χ0) is 40.0. The van der Waals surface area contributed by atoms with Crippen molar-refractivity contribution in [3.63, 3.8) is 0 Å². The molecule has 60 heavy (non-hydrogen) atoms. The van der Waals surface area contributed by atoms with Crippen molar-refractivity contribution in [2.75, 3.05) is 0 Å². The molecule has 2 heterocycles. The summed E-state index contributed by atoms with van der Waals surface area (Å²) in [5, 5.41) is 6.97. The molecule has 0 spiro atoms. The van der Waals surface area contributed by atoms with Crippen LogP contribution in [0.5, 0.6) is 0 Å². The molecule has 4 nitrogen and oxygen atoms in total. The van der Waals surface area contributed by atoms with E-state index in [1.807, 2.05) is 30.3 Å². The van der Waals surface area contributed by atoms with Gasteiger partial charge in [0, 0.05) is 32.9 Å². The molecular formula is C56H39N3O. The second kappa shape index (κ2) is 13.3. The van der Waals surface area contributed by atoms with Crippen LogP contribution in [0.15, 0.2) is 180 Å². The maximum Gasteiger partial charge on any atom is 0.164 e. The van der Waals surface area contributed by atoms with Gasteiger partial charge in [-0.05, 0) is 115 Å². The van der Waals surface area contributed by atoms with Crippen molar-refractivity contribution in [3.8, 4) is 56.2 Å². The average Bonchev–Trinajstić information content (AvgIpc) is 3.80. The molecule has 0 atom stereocenters. The molecule has 2 aromatic heterocycles. The summed E-state index contributed by atoms with van der Waals surface area (Å²) in [7, 11) is 0. The number of furan rings is 1. The number of hydrogen-bond donors (Lipinski definition) is 0. The number of hydrogen-bond acceptors (Lipinski definition) is 4. The zero-order valence-corrected chi connectivity index (χ0v) is 33.4. The Morgan fingerprint density at radius 2 is 1.17 bits per heavy atom. The lowest BCUT2D eigenvalue weighted by Gasteiger charge is -2.22. The molecule has 8 aromatic carbocycles. The first-order valence-electron chi connectivity index (χ1n) is 20.8. The zero-order valence-electron chi connectivity index (χ0n) is 33.4. The van der Waals surface area contributed by atoms with Gasteiger partial charge >= 0.3 is 0 Å². The van der Waals surface area contributed by atoms with E-state index in [-0.39, 0.29) is 5.41 Å². The van der Waals surface area contributed by atoms with Gasteiger partial charge in [-0.25, -0.2) is 15.0 Å². The van der Waals surface area contributed by atoms with E-state index in [9.17, 15) is 0 Å². The van der Waals surface area contributed by atoms with E-state index in [0.717, 1.165) is 62.6 Å². The Bertz CT molecular complexity index is 3460. The van der Waals surface area contributed by atoms with Crippen LogP contribution in [0.4, 0.5) is 0 Å². The molecule has 0 fully saturated rings. The van der Waals surface area contributed by atoms with E-state index in [0.29, 0.717) is 17.5 Å². The van der Waals surface area contributed by atoms with Crippen LogP contribution in [0.1, 0.15) is 43.6 Å². The third kappa shape index (κ3) is 5.41. The molecule has 12 rings (SSSR count). The maximum absolute atomic E-state index is 6.52. The fourth-order valence-electron chi connectivity index (χ4n) is 9.71. The van der Waals surface area contributed by atoms with Gasteiger partial charge in [-0.3, -0.25) is 0 Å². The van der Waals surface area contributed by atoms with Gasteiger partial charge in [0.1, 0.15) is 11.2 Å². The van der Waals surface area contributed by atoms with Gasteiger partial charge in [0.05, 0.1) is 0 Å². The summed E-state index contributed by atoms with van der Waals surface area (Å²) in [6, 6.07) is 56.9. The van der Waals surface area contributed by atoms with Gasteiger partial charge in [0.25, 0.3) is 0 Å². The van der Waals surface area contributed by atoms with E-state index in [4.69, 9.17) is 19.4 Å². The van der Waals surface area contributed by atoms with E-state index in [1.54, 1.807) is 0 Å². The standard InChI is InChI=1S/C56H39N3O/c1-56(2)48-22-12-11-20-42(48)43-28-26-39(33-49(43)56)46-32-38-25-24-36(30-45(38)40-18-9-10-19-41(40)46)37-27-29-50-47(31-37)52-44(21-13-23-51(52)60-50)55-58-53(34-14-5-3-6-15-34)57-54(59-55)35-16-7-4-8-17-35/h3,5-7,9-33H,4,8H2,1-2H3. The molecule has 0 amide bonds. The van der Waals surface area contributed by atoms with Gasteiger partial charge in [0.15, 0.2) is 17.5 Å². The molecule has 0 unspecified atom stereocenters. The largest absolute Gasteiger partial charge is 0.456 e. The van der Waals surface area contributed by atoms with Crippen LogP contribution in [0.2, 0.25) is 0 Å². The topological polar surface area (TPSA) is 51.8 Å². The van der Waals surface area contributed by atoms with Crippen LogP contribution in [-0.2, 0) is 5.41 Å². The fraction of sp³-hybridized carbons (Fsp3) is 0.0893. The monoisotopic (exact) mass is 769 g/mol. The van der Waals surface area contributed by atoms with E-state index in [1.165, 1.54) is 54.9 Å². The van der Waals surface area contributed by atoms with Crippen molar-refractivity contribution in [1.29, 1.82) is 0 Å². The first-order chi connectivity index (χ1) is 29.5. The minimum atomic E-state index is -0.0601. The Labute approximate surface area is 348 Å². The molecule has 0 saturated carbocycles. The lowest BCUT2D eigenvalue weighted by Crippen LogP contribution is -2.14. The van der Waals surface area contributed by atoms with Gasteiger partial charge in [-0.15, -0.1) is 0 Å². The van der Waals surface area contributed by atoms with E-state index < -0.39 is 0 Å². The number of aromatic nitrogens is 3. The van der Waals surface area contributed by atoms with Crippen LogP contribution in [-0.4, -0.2) is 15.0 Å². The Morgan fingerprint density at radius 1 is 0.450 bits per heavy atom. The van der Waals surface area contributed by atoms with E-state index >= 15 is 0 Å². The van der Waals surface area contributed by atoms with Crippen LogP contribution in [0.25, 0.3) is 105 Å². The molecule has 284 valence electrons. The Kier molecular flexibility index (Phi) is 7.67. The number of fused-ring (bicyclic) bond motifs is 9. The Balaban J connectivity index is 0.987. The summed E-state index contributed by atoms with van der Waals surface area (Å²) < 4.78 is 6.52. The summed E-state index contributed by atoms with van der Waals surface area (Å²) in [4.78, 5) is 15.2. The SMILES string of the molecule is CC1(C)c2ccccc2-c2ccc(-c3cc4ccc(-c5ccc6oc7cccc(-c8nc(C9=CCCC=C9)nc(-c9ccccc9)n8)c7c6c5)cc4c4ccccc34)cc21. The predicted molar refractivity (Wildman–Crippen MR) is 248 cm³/mol. The second-order valence-electron chi connectivity index (χ2n) is 16.6. The highest BCUT2D eigenvalue weighted by molar-refractivity contribution is 6.16. The molecule has 0 aliphatic heterocycles. The summed E-state index contributed by atoms with van der Waals surface area (Å²) >= 11 is 0. The van der Waals surface area contributed by atoms with Crippen LogP contribution in [0.3, 0.4) is 0 Å². The van der Waals surface area contributed by atoms with Gasteiger partial charge in [0.2, 0.25) is 0 Å². The minimum Gasteiger partial charge on any atom is -0.456 e. The molecule has 2 aliphatic rings. The summed E-state index contributed by atoms with van der Waals surface area (Å²) in [5.41, 5.74) is 14.7. The average molecular weight is 770 g/mol. The molecule has 10 aromatic rings. The van der Waals surface area contributed by atoms with Gasteiger partial charge < -0.3 is 4.42 Å². The lowest BCUT2D eigenvalue weighted by atomic mass is 9.81. The Hall–Kier alpha value is -7.43. The predicted octanol–water partition coefficient (Wildman–Crippen LogP) is 14.8. The third-order valence-corrected chi connectivity index (χ3v) is 12.7. The van der Waals surface area contributed by atoms with Gasteiger partial charge in [-0.1, -0.05) is 153 Å². The van der Waals surface area contributed by atoms with Crippen molar-refractivity contribution < 1.29 is 4.42 Å². The summed E-state index contributed by atoms with van der Waals surface area (Å²) in [6.07, 6.45) is 8.52. The van der Waals surface area contributed by atoms with Gasteiger partial charge in [-0.2, -0.15) is 0 Å². The van der Waals surface area contributed by atoms with Crippen molar-refractivity contribution in [3.05, 3.63) is 193 Å². The fourth-order valence-corrected chi connectivity index (χ4v) is 9.71. The molecule has 4 heteroatoms. The number of nitrogens with zero attached hydrogens (tertiary/aromatic N) is 3. The third-order valence-electron chi connectivity index (χ3n) is 12.7.